The van der Waals surface area contributed by atoms with Crippen molar-refractivity contribution in [2.75, 3.05) is 13.1 Å². The molecule has 1 aromatic carbocycles. The maximum absolute atomic E-state index is 12.4. The van der Waals surface area contributed by atoms with Crippen molar-refractivity contribution in [1.82, 2.24) is 10.3 Å². The van der Waals surface area contributed by atoms with Crippen LogP contribution in [0, 0.1) is 0 Å². The highest BCUT2D eigenvalue weighted by Gasteiger charge is 2.21. The maximum Gasteiger partial charge on any atom is 0.254 e. The molecule has 5 heteroatoms. The molecule has 1 aliphatic heterocycles. The Hall–Kier alpha value is -1.88. The molecule has 0 saturated carbocycles. The van der Waals surface area contributed by atoms with Gasteiger partial charge in [0.2, 0.25) is 5.91 Å². The minimum Gasteiger partial charge on any atom is -0.339 e. The fraction of sp³-hybridized carbons (Fsp3) is 0.429. The van der Waals surface area contributed by atoms with Gasteiger partial charge in [-0.15, -0.1) is 0 Å². The maximum atomic E-state index is 12.4. The van der Waals surface area contributed by atoms with E-state index in [1.54, 1.807) is 0 Å². The van der Waals surface area contributed by atoms with Gasteiger partial charge < -0.3 is 4.90 Å². The molecule has 0 fully saturated rings. The Bertz CT molecular complexity index is 474. The van der Waals surface area contributed by atoms with Gasteiger partial charge in [0.1, 0.15) is 0 Å². The van der Waals surface area contributed by atoms with Crippen LogP contribution in [0.2, 0.25) is 0 Å². The van der Waals surface area contributed by atoms with E-state index in [0.29, 0.717) is 19.4 Å². The third-order valence-corrected chi connectivity index (χ3v) is 3.40. The number of carbonyl (C=O) groups excluding carboxylic acids is 2. The molecule has 3 N–H and O–H groups in total. The van der Waals surface area contributed by atoms with Crippen LogP contribution in [0.4, 0.5) is 0 Å². The average molecular weight is 261 g/mol. The number of hydrazine groups is 1. The van der Waals surface area contributed by atoms with E-state index < -0.39 is 0 Å². The van der Waals surface area contributed by atoms with Gasteiger partial charge in [-0.25, -0.2) is 5.84 Å². The van der Waals surface area contributed by atoms with Crippen molar-refractivity contribution in [3.05, 3.63) is 35.4 Å². The summed E-state index contributed by atoms with van der Waals surface area (Å²) in [5.74, 6) is 4.91. The molecule has 0 spiro atoms. The van der Waals surface area contributed by atoms with Gasteiger partial charge in [-0.1, -0.05) is 18.2 Å². The highest BCUT2D eigenvalue weighted by atomic mass is 16.2. The summed E-state index contributed by atoms with van der Waals surface area (Å²) in [5, 5.41) is 0. The topological polar surface area (TPSA) is 75.4 Å². The van der Waals surface area contributed by atoms with Crippen molar-refractivity contribution >= 4 is 11.8 Å². The normalized spacial score (nSPS) is 14.8. The standard InChI is InChI=1S/C14H19N3O2/c15-16-13(18)8-4-10-17-9-3-6-11-5-1-2-7-12(11)14(17)19/h1-2,5,7H,3-4,6,8-10,15H2,(H,16,18). The van der Waals surface area contributed by atoms with E-state index >= 15 is 0 Å². The minimum absolute atomic E-state index is 0.0706. The second-order valence-electron chi connectivity index (χ2n) is 4.72. The molecule has 1 aromatic rings. The fourth-order valence-corrected chi connectivity index (χ4v) is 2.40. The molecule has 19 heavy (non-hydrogen) atoms. The first-order valence-corrected chi connectivity index (χ1v) is 6.59. The molecule has 0 saturated heterocycles. The lowest BCUT2D eigenvalue weighted by molar-refractivity contribution is -0.121. The molecule has 1 heterocycles. The lowest BCUT2D eigenvalue weighted by atomic mass is 10.0. The van der Waals surface area contributed by atoms with E-state index in [-0.39, 0.29) is 11.8 Å². The Kier molecular flexibility index (Phi) is 4.52. The lowest BCUT2D eigenvalue weighted by Crippen LogP contribution is -2.34. The van der Waals surface area contributed by atoms with Crippen molar-refractivity contribution in [3.8, 4) is 0 Å². The van der Waals surface area contributed by atoms with Gasteiger partial charge in [0.25, 0.3) is 5.91 Å². The predicted molar refractivity (Wildman–Crippen MR) is 72.2 cm³/mol. The first kappa shape index (κ1) is 13.5. The molecule has 0 aromatic heterocycles. The first-order valence-electron chi connectivity index (χ1n) is 6.59. The van der Waals surface area contributed by atoms with Gasteiger partial charge in [-0.2, -0.15) is 0 Å². The summed E-state index contributed by atoms with van der Waals surface area (Å²) in [6, 6.07) is 7.75. The highest BCUT2D eigenvalue weighted by molar-refractivity contribution is 5.96. The fourth-order valence-electron chi connectivity index (χ4n) is 2.40. The van der Waals surface area contributed by atoms with E-state index in [1.807, 2.05) is 29.2 Å². The number of hydrogen-bond donors (Lipinski definition) is 2. The van der Waals surface area contributed by atoms with Crippen LogP contribution in [0.1, 0.15) is 35.2 Å². The molecule has 2 amide bonds. The smallest absolute Gasteiger partial charge is 0.254 e. The molecular weight excluding hydrogens is 242 g/mol. The zero-order chi connectivity index (χ0) is 13.7. The average Bonchev–Trinajstić information content (AvgIpc) is 2.59. The number of fused-ring (bicyclic) bond motifs is 1. The summed E-state index contributed by atoms with van der Waals surface area (Å²) in [6.07, 6.45) is 2.88. The monoisotopic (exact) mass is 261 g/mol. The lowest BCUT2D eigenvalue weighted by Gasteiger charge is -2.20. The van der Waals surface area contributed by atoms with Crippen LogP contribution < -0.4 is 11.3 Å². The SMILES string of the molecule is NNC(=O)CCCN1CCCc2ccccc2C1=O. The Balaban J connectivity index is 1.99. The summed E-state index contributed by atoms with van der Waals surface area (Å²) in [4.78, 5) is 25.3. The number of nitrogens with two attached hydrogens (primary N) is 1. The predicted octanol–water partition coefficient (Wildman–Crippen LogP) is 0.845. The first-order chi connectivity index (χ1) is 9.22. The van der Waals surface area contributed by atoms with Gasteiger partial charge in [-0.3, -0.25) is 15.0 Å². The minimum atomic E-state index is -0.192. The summed E-state index contributed by atoms with van der Waals surface area (Å²) in [5.41, 5.74) is 4.01. The third-order valence-electron chi connectivity index (χ3n) is 3.40. The zero-order valence-electron chi connectivity index (χ0n) is 10.9. The van der Waals surface area contributed by atoms with Crippen molar-refractivity contribution in [2.45, 2.75) is 25.7 Å². The largest absolute Gasteiger partial charge is 0.339 e. The molecule has 0 atom stereocenters. The Morgan fingerprint density at radius 2 is 2.16 bits per heavy atom. The number of amides is 2. The van der Waals surface area contributed by atoms with Crippen LogP contribution in [0.15, 0.2) is 24.3 Å². The number of rotatable bonds is 4. The van der Waals surface area contributed by atoms with E-state index in [4.69, 9.17) is 5.84 Å². The molecule has 0 aliphatic carbocycles. The van der Waals surface area contributed by atoms with Crippen LogP contribution in [-0.4, -0.2) is 29.8 Å². The van der Waals surface area contributed by atoms with Crippen molar-refractivity contribution in [2.24, 2.45) is 5.84 Å². The highest BCUT2D eigenvalue weighted by Crippen LogP contribution is 2.18. The number of nitrogens with zero attached hydrogens (tertiary/aromatic N) is 1. The van der Waals surface area contributed by atoms with Crippen molar-refractivity contribution in [1.29, 1.82) is 0 Å². The number of hydrogen-bond acceptors (Lipinski definition) is 3. The van der Waals surface area contributed by atoms with Crippen molar-refractivity contribution < 1.29 is 9.59 Å². The molecule has 0 radical (unpaired) electrons. The number of nitrogens with one attached hydrogen (secondary N) is 1. The summed E-state index contributed by atoms with van der Waals surface area (Å²) in [6.45, 7) is 1.35. The van der Waals surface area contributed by atoms with E-state index in [2.05, 4.69) is 5.43 Å². The van der Waals surface area contributed by atoms with Gasteiger partial charge >= 0.3 is 0 Å². The molecule has 0 bridgehead atoms. The molecule has 5 nitrogen and oxygen atoms in total. The van der Waals surface area contributed by atoms with E-state index in [1.165, 1.54) is 0 Å². The molecular formula is C14H19N3O2. The number of benzene rings is 1. The Labute approximate surface area is 112 Å². The van der Waals surface area contributed by atoms with E-state index in [0.717, 1.165) is 30.5 Å². The summed E-state index contributed by atoms with van der Waals surface area (Å²) >= 11 is 0. The second kappa shape index (κ2) is 6.33. The molecule has 1 aliphatic rings. The van der Waals surface area contributed by atoms with Crippen LogP contribution in [0.3, 0.4) is 0 Å². The van der Waals surface area contributed by atoms with Crippen LogP contribution in [0.25, 0.3) is 0 Å². The second-order valence-corrected chi connectivity index (χ2v) is 4.72. The van der Waals surface area contributed by atoms with Crippen LogP contribution in [-0.2, 0) is 11.2 Å². The van der Waals surface area contributed by atoms with Gasteiger partial charge in [0.05, 0.1) is 0 Å². The van der Waals surface area contributed by atoms with E-state index in [9.17, 15) is 9.59 Å². The number of aryl methyl sites for hydroxylation is 1. The Morgan fingerprint density at radius 1 is 1.37 bits per heavy atom. The quantitative estimate of drug-likeness (QED) is 0.479. The zero-order valence-corrected chi connectivity index (χ0v) is 10.9. The van der Waals surface area contributed by atoms with Gasteiger partial charge in [0, 0.05) is 25.1 Å². The third kappa shape index (κ3) is 3.32. The summed E-state index contributed by atoms with van der Waals surface area (Å²) < 4.78 is 0. The molecule has 2 rings (SSSR count). The van der Waals surface area contributed by atoms with Gasteiger partial charge in [0.15, 0.2) is 0 Å². The van der Waals surface area contributed by atoms with Crippen LogP contribution >= 0.6 is 0 Å². The summed E-state index contributed by atoms with van der Waals surface area (Å²) in [7, 11) is 0. The van der Waals surface area contributed by atoms with Crippen molar-refractivity contribution in [3.63, 3.8) is 0 Å². The Morgan fingerprint density at radius 3 is 2.95 bits per heavy atom. The molecule has 102 valence electrons. The van der Waals surface area contributed by atoms with Crippen LogP contribution in [0.5, 0.6) is 0 Å². The van der Waals surface area contributed by atoms with Gasteiger partial charge in [-0.05, 0) is 30.9 Å². The molecule has 0 unspecified atom stereocenters. The number of carbonyl (C=O) groups is 2.